The summed E-state index contributed by atoms with van der Waals surface area (Å²) in [6.45, 7) is -0.806. The first-order valence-corrected chi connectivity index (χ1v) is 7.31. The van der Waals surface area contributed by atoms with Gasteiger partial charge in [-0.25, -0.2) is 9.78 Å². The number of carboxylic acids is 1. The van der Waals surface area contributed by atoms with Gasteiger partial charge in [0.15, 0.2) is 11.9 Å². The summed E-state index contributed by atoms with van der Waals surface area (Å²) in [7, 11) is -5.27. The Morgan fingerprint density at radius 2 is 2.14 bits per heavy atom. The monoisotopic (exact) mass is 337 g/mol. The third kappa shape index (κ3) is 3.28. The maximum absolute atomic E-state index is 10.8. The fraction of sp³-hybridized carbons (Fsp3) is 0.556. The zero-order chi connectivity index (χ0) is 16.7. The topological polar surface area (TPSA) is 203 Å². The molecule has 12 nitrogen and oxygen atoms in total. The predicted octanol–water partition coefficient (Wildman–Crippen LogP) is -3.37. The number of carbonyl (C=O) groups is 1. The van der Waals surface area contributed by atoms with E-state index >= 15 is 0 Å². The van der Waals surface area contributed by atoms with Crippen molar-refractivity contribution in [1.29, 1.82) is 0 Å². The van der Waals surface area contributed by atoms with Crippen molar-refractivity contribution in [2.45, 2.75) is 24.5 Å². The van der Waals surface area contributed by atoms with Crippen LogP contribution in [0, 0.1) is 0 Å². The molecule has 0 aromatic carbocycles. The number of hydrogen-bond acceptors (Lipinski definition) is 10. The van der Waals surface area contributed by atoms with Gasteiger partial charge in [-0.15, -0.1) is 0 Å². The summed E-state index contributed by atoms with van der Waals surface area (Å²) in [6.07, 6.45) is -4.81. The van der Waals surface area contributed by atoms with Crippen LogP contribution in [0.1, 0.15) is 16.7 Å². The number of aromatic nitrogens is 2. The molecule has 0 bridgehead atoms. The van der Waals surface area contributed by atoms with E-state index in [0.717, 1.165) is 10.9 Å². The number of nitrogens with zero attached hydrogens (tertiary/aromatic N) is 2. The standard InChI is InChI=1S/C9H14N3O9P/c10-7-4(9(15)16)11-2-12(7)8-6(14)5(13)3(21-8)1-20-22(17,18)19/h2-3,5-6,8,13-14H,1,10H2,(H,15,16)(H2,17,18,19)/p-2/t3-,5-,6-,8-/m1/s1. The van der Waals surface area contributed by atoms with Crippen LogP contribution < -0.4 is 15.5 Å². The van der Waals surface area contributed by atoms with Crippen molar-refractivity contribution >= 4 is 19.6 Å². The maximum Gasteiger partial charge on any atom is 0.358 e. The van der Waals surface area contributed by atoms with E-state index in [1.54, 1.807) is 0 Å². The highest BCUT2D eigenvalue weighted by atomic mass is 31.2. The molecule has 1 aromatic rings. The number of imidazole rings is 1. The van der Waals surface area contributed by atoms with Crippen molar-refractivity contribution in [2.75, 3.05) is 12.3 Å². The van der Waals surface area contributed by atoms with Crippen molar-refractivity contribution in [1.82, 2.24) is 9.55 Å². The zero-order valence-electron chi connectivity index (χ0n) is 10.8. The molecule has 22 heavy (non-hydrogen) atoms. The van der Waals surface area contributed by atoms with Gasteiger partial charge in [-0.05, 0) is 0 Å². The lowest BCUT2D eigenvalue weighted by Gasteiger charge is -2.30. The third-order valence-corrected chi connectivity index (χ3v) is 3.51. The molecular formula is C9H12N3O9P-2. The van der Waals surface area contributed by atoms with Crippen LogP contribution in [0.15, 0.2) is 6.33 Å². The number of ether oxygens (including phenoxy) is 1. The molecule has 0 unspecified atom stereocenters. The number of aliphatic hydroxyl groups is 2. The molecule has 0 radical (unpaired) electrons. The predicted molar refractivity (Wildman–Crippen MR) is 63.1 cm³/mol. The smallest absolute Gasteiger partial charge is 0.358 e. The van der Waals surface area contributed by atoms with Crippen LogP contribution in [0.3, 0.4) is 0 Å². The summed E-state index contributed by atoms with van der Waals surface area (Å²) in [5.74, 6) is -1.73. The van der Waals surface area contributed by atoms with Gasteiger partial charge in [0.25, 0.3) is 0 Å². The molecule has 1 saturated heterocycles. The van der Waals surface area contributed by atoms with Gasteiger partial charge in [0.1, 0.15) is 24.1 Å². The first-order valence-electron chi connectivity index (χ1n) is 5.85. The second-order valence-electron chi connectivity index (χ2n) is 4.48. The van der Waals surface area contributed by atoms with Gasteiger partial charge in [0.05, 0.1) is 20.8 Å². The lowest BCUT2D eigenvalue weighted by Crippen LogP contribution is -2.34. The van der Waals surface area contributed by atoms with E-state index in [0.29, 0.717) is 0 Å². The lowest BCUT2D eigenvalue weighted by atomic mass is 10.1. The van der Waals surface area contributed by atoms with E-state index in [1.807, 2.05) is 0 Å². The van der Waals surface area contributed by atoms with Gasteiger partial charge >= 0.3 is 5.97 Å². The third-order valence-electron chi connectivity index (χ3n) is 3.04. The summed E-state index contributed by atoms with van der Waals surface area (Å²) < 4.78 is 20.5. The van der Waals surface area contributed by atoms with Crippen molar-refractivity contribution in [3.05, 3.63) is 12.0 Å². The minimum Gasteiger partial charge on any atom is -0.790 e. The van der Waals surface area contributed by atoms with Crippen LogP contribution in [-0.2, 0) is 13.8 Å². The number of carboxylic acid groups (broad SMARTS) is 1. The molecule has 124 valence electrons. The minimum atomic E-state index is -5.27. The van der Waals surface area contributed by atoms with Gasteiger partial charge < -0.3 is 44.7 Å². The Kier molecular flexibility index (Phi) is 4.54. The second kappa shape index (κ2) is 5.93. The normalized spacial score (nSPS) is 28.9. The van der Waals surface area contributed by atoms with E-state index in [4.69, 9.17) is 15.6 Å². The molecule has 4 atom stereocenters. The molecule has 1 aromatic heterocycles. The quantitative estimate of drug-likeness (QED) is 0.390. The number of aromatic carboxylic acids is 1. The Morgan fingerprint density at radius 3 is 2.64 bits per heavy atom. The molecule has 1 aliphatic heterocycles. The highest BCUT2D eigenvalue weighted by molar-refractivity contribution is 7.43. The first-order chi connectivity index (χ1) is 10.1. The molecule has 5 N–H and O–H groups in total. The molecular weight excluding hydrogens is 325 g/mol. The SMILES string of the molecule is Nc1c(C(=O)O)ncn1[C@@H]1O[C@H](COP(=O)([O-])[O-])[C@@H](O)[C@H]1O. The molecule has 0 amide bonds. The Labute approximate surface area is 123 Å². The van der Waals surface area contributed by atoms with Crippen LogP contribution in [0.2, 0.25) is 0 Å². The molecule has 0 spiro atoms. The first kappa shape index (κ1) is 16.8. The average molecular weight is 337 g/mol. The minimum absolute atomic E-state index is 0.330. The number of nitrogen functional groups attached to an aromatic ring is 1. The summed E-state index contributed by atoms with van der Waals surface area (Å²) in [4.78, 5) is 35.2. The zero-order valence-corrected chi connectivity index (χ0v) is 11.7. The largest absolute Gasteiger partial charge is 0.790 e. The Balaban J connectivity index is 2.16. The van der Waals surface area contributed by atoms with Gasteiger partial charge in [-0.2, -0.15) is 0 Å². The van der Waals surface area contributed by atoms with Crippen molar-refractivity contribution in [3.63, 3.8) is 0 Å². The summed E-state index contributed by atoms with van der Waals surface area (Å²) in [5, 5.41) is 28.5. The van der Waals surface area contributed by atoms with E-state index in [1.165, 1.54) is 0 Å². The Morgan fingerprint density at radius 1 is 1.50 bits per heavy atom. The van der Waals surface area contributed by atoms with E-state index in [-0.39, 0.29) is 5.82 Å². The van der Waals surface area contributed by atoms with Gasteiger partial charge in [0.2, 0.25) is 0 Å². The van der Waals surface area contributed by atoms with E-state index in [9.17, 15) is 29.4 Å². The lowest BCUT2D eigenvalue weighted by molar-refractivity contribution is -0.343. The Hall–Kier alpha value is -1.53. The summed E-state index contributed by atoms with van der Waals surface area (Å²) in [6, 6.07) is 0. The summed E-state index contributed by atoms with van der Waals surface area (Å²) in [5.41, 5.74) is 5.07. The number of rotatable bonds is 5. The molecule has 1 fully saturated rings. The number of nitrogens with two attached hydrogens (primary N) is 1. The number of phosphoric ester groups is 1. The van der Waals surface area contributed by atoms with Crippen molar-refractivity contribution in [2.24, 2.45) is 0 Å². The average Bonchev–Trinajstić information content (AvgIpc) is 2.90. The van der Waals surface area contributed by atoms with Gasteiger partial charge in [0, 0.05) is 0 Å². The molecule has 2 rings (SSSR count). The number of phosphoric acid groups is 1. The molecule has 2 heterocycles. The fourth-order valence-corrected chi connectivity index (χ4v) is 2.33. The van der Waals surface area contributed by atoms with Gasteiger partial charge in [-0.3, -0.25) is 4.57 Å². The van der Waals surface area contributed by atoms with Crippen LogP contribution >= 0.6 is 7.82 Å². The van der Waals surface area contributed by atoms with Gasteiger partial charge in [-0.1, -0.05) is 0 Å². The van der Waals surface area contributed by atoms with E-state index < -0.39 is 50.6 Å². The van der Waals surface area contributed by atoms with Crippen LogP contribution in [-0.4, -0.2) is 55.8 Å². The number of anilines is 1. The van der Waals surface area contributed by atoms with E-state index in [2.05, 4.69) is 9.51 Å². The van der Waals surface area contributed by atoms with Crippen molar-refractivity contribution in [3.8, 4) is 0 Å². The number of hydrogen-bond donors (Lipinski definition) is 4. The molecule has 13 heteroatoms. The maximum atomic E-state index is 10.8. The molecule has 0 aliphatic carbocycles. The highest BCUT2D eigenvalue weighted by Crippen LogP contribution is 2.34. The number of aliphatic hydroxyl groups excluding tert-OH is 2. The molecule has 0 saturated carbocycles. The van der Waals surface area contributed by atoms with Crippen LogP contribution in [0.5, 0.6) is 0 Å². The fourth-order valence-electron chi connectivity index (χ4n) is 2.00. The van der Waals surface area contributed by atoms with Crippen LogP contribution in [0.4, 0.5) is 5.82 Å². The highest BCUT2D eigenvalue weighted by Gasteiger charge is 2.44. The van der Waals surface area contributed by atoms with Crippen molar-refractivity contribution < 1.29 is 43.7 Å². The second-order valence-corrected chi connectivity index (χ2v) is 5.63. The Bertz CT molecular complexity index is 613. The van der Waals surface area contributed by atoms with Crippen LogP contribution in [0.25, 0.3) is 0 Å². The summed E-state index contributed by atoms with van der Waals surface area (Å²) >= 11 is 0. The molecule has 1 aliphatic rings.